The van der Waals surface area contributed by atoms with Crippen LogP contribution in [-0.4, -0.2) is 52.9 Å². The molecule has 2 heterocycles. The van der Waals surface area contributed by atoms with E-state index < -0.39 is 0 Å². The van der Waals surface area contributed by atoms with Gasteiger partial charge < -0.3 is 10.6 Å². The molecule has 1 unspecified atom stereocenters. The second-order valence-electron chi connectivity index (χ2n) is 6.67. The topological polar surface area (TPSA) is 57.5 Å². The molecule has 0 bridgehead atoms. The molecule has 3 rings (SSSR count). The highest BCUT2D eigenvalue weighted by Crippen LogP contribution is 2.20. The van der Waals surface area contributed by atoms with Crippen LogP contribution in [0.1, 0.15) is 25.3 Å². The van der Waals surface area contributed by atoms with Crippen molar-refractivity contribution in [2.75, 3.05) is 26.2 Å². The molecule has 2 N–H and O–H groups in total. The number of aliphatic imine (C=N–C) groups is 1. The summed E-state index contributed by atoms with van der Waals surface area (Å²) in [5.41, 5.74) is 1.38. The third-order valence-electron chi connectivity index (χ3n) is 4.72. The fraction of sp³-hybridized carbons (Fsp3) is 0.500. The molecule has 0 amide bonds. The van der Waals surface area contributed by atoms with Gasteiger partial charge in [-0.1, -0.05) is 30.3 Å². The summed E-state index contributed by atoms with van der Waals surface area (Å²) >= 11 is 0. The van der Waals surface area contributed by atoms with E-state index in [2.05, 4.69) is 57.9 Å². The summed E-state index contributed by atoms with van der Waals surface area (Å²) in [5.74, 6) is 0.895. The number of nitrogens with one attached hydrogen (secondary N) is 2. The van der Waals surface area contributed by atoms with Gasteiger partial charge in [0, 0.05) is 38.1 Å². The van der Waals surface area contributed by atoms with Gasteiger partial charge in [0.15, 0.2) is 5.96 Å². The Morgan fingerprint density at radius 2 is 2.07 bits per heavy atom. The molecular formula is C20H31IN6. The van der Waals surface area contributed by atoms with Crippen molar-refractivity contribution >= 4 is 29.9 Å². The highest BCUT2D eigenvalue weighted by atomic mass is 127. The van der Waals surface area contributed by atoms with Crippen LogP contribution in [-0.2, 0) is 13.1 Å². The lowest BCUT2D eigenvalue weighted by Crippen LogP contribution is -2.40. The molecule has 1 atom stereocenters. The molecule has 1 aliphatic rings. The lowest BCUT2D eigenvalue weighted by molar-refractivity contribution is 0.250. The number of benzene rings is 1. The Hall–Kier alpha value is -1.61. The third kappa shape index (κ3) is 7.14. The number of hydrogen-bond acceptors (Lipinski definition) is 3. The van der Waals surface area contributed by atoms with Gasteiger partial charge in [0.1, 0.15) is 0 Å². The lowest BCUT2D eigenvalue weighted by Gasteiger charge is -2.23. The van der Waals surface area contributed by atoms with Crippen molar-refractivity contribution in [1.82, 2.24) is 25.3 Å². The van der Waals surface area contributed by atoms with E-state index in [0.717, 1.165) is 38.7 Å². The average Bonchev–Trinajstić information content (AvgIpc) is 3.33. The molecule has 1 saturated heterocycles. The number of guanidine groups is 1. The maximum Gasteiger partial charge on any atom is 0.191 e. The van der Waals surface area contributed by atoms with Crippen LogP contribution in [0.3, 0.4) is 0 Å². The smallest absolute Gasteiger partial charge is 0.191 e. The van der Waals surface area contributed by atoms with Crippen molar-refractivity contribution in [3.8, 4) is 0 Å². The van der Waals surface area contributed by atoms with Gasteiger partial charge in [0.25, 0.3) is 0 Å². The van der Waals surface area contributed by atoms with E-state index in [9.17, 15) is 0 Å². The highest BCUT2D eigenvalue weighted by molar-refractivity contribution is 14.0. The zero-order valence-corrected chi connectivity index (χ0v) is 18.4. The quantitative estimate of drug-likeness (QED) is 0.345. The first-order valence-corrected chi connectivity index (χ1v) is 9.62. The SMILES string of the molecule is CCNC(=NCC1CCCN1Cc1ccccc1)NCCn1cccn1.I. The van der Waals surface area contributed by atoms with Gasteiger partial charge in [-0.3, -0.25) is 14.6 Å². The van der Waals surface area contributed by atoms with Gasteiger partial charge in [0.2, 0.25) is 0 Å². The molecule has 148 valence electrons. The minimum Gasteiger partial charge on any atom is -0.357 e. The Bertz CT molecular complexity index is 658. The summed E-state index contributed by atoms with van der Waals surface area (Å²) < 4.78 is 1.93. The first-order valence-electron chi connectivity index (χ1n) is 9.62. The molecule has 1 aromatic carbocycles. The maximum absolute atomic E-state index is 4.83. The highest BCUT2D eigenvalue weighted by Gasteiger charge is 2.24. The van der Waals surface area contributed by atoms with E-state index in [1.165, 1.54) is 24.9 Å². The fourth-order valence-corrected chi connectivity index (χ4v) is 3.39. The molecule has 0 aliphatic carbocycles. The van der Waals surface area contributed by atoms with Gasteiger partial charge in [-0.25, -0.2) is 0 Å². The fourth-order valence-electron chi connectivity index (χ4n) is 3.39. The Balaban J connectivity index is 0.00000261. The molecule has 1 aromatic heterocycles. The minimum atomic E-state index is 0. The molecule has 0 radical (unpaired) electrons. The largest absolute Gasteiger partial charge is 0.357 e. The van der Waals surface area contributed by atoms with Crippen molar-refractivity contribution in [3.05, 3.63) is 54.4 Å². The zero-order valence-electron chi connectivity index (χ0n) is 16.1. The number of aromatic nitrogens is 2. The summed E-state index contributed by atoms with van der Waals surface area (Å²) in [4.78, 5) is 7.39. The standard InChI is InChI=1S/C20H30N6.HI/c1-2-21-20(22-12-15-26-14-7-11-24-26)23-16-19-10-6-13-25(19)17-18-8-4-3-5-9-18;/h3-5,7-9,11,14,19H,2,6,10,12-13,15-17H2,1H3,(H2,21,22,23);1H. The molecule has 7 heteroatoms. The second-order valence-corrected chi connectivity index (χ2v) is 6.67. The molecule has 1 fully saturated rings. The van der Waals surface area contributed by atoms with E-state index >= 15 is 0 Å². The summed E-state index contributed by atoms with van der Waals surface area (Å²) in [7, 11) is 0. The summed E-state index contributed by atoms with van der Waals surface area (Å²) in [6, 6.07) is 13.2. The Kier molecular flexibility index (Phi) is 9.61. The van der Waals surface area contributed by atoms with Crippen LogP contribution in [0.2, 0.25) is 0 Å². The van der Waals surface area contributed by atoms with Crippen molar-refractivity contribution in [2.24, 2.45) is 4.99 Å². The predicted octanol–water partition coefficient (Wildman–Crippen LogP) is 2.72. The predicted molar refractivity (Wildman–Crippen MR) is 121 cm³/mol. The number of rotatable bonds is 8. The van der Waals surface area contributed by atoms with E-state index in [-0.39, 0.29) is 24.0 Å². The van der Waals surface area contributed by atoms with Crippen LogP contribution >= 0.6 is 24.0 Å². The normalized spacial score (nSPS) is 17.5. The first-order chi connectivity index (χ1) is 12.8. The Morgan fingerprint density at radius 3 is 2.81 bits per heavy atom. The minimum absolute atomic E-state index is 0. The number of hydrogen-bond donors (Lipinski definition) is 2. The summed E-state index contributed by atoms with van der Waals surface area (Å²) in [5, 5.41) is 11.0. The van der Waals surface area contributed by atoms with E-state index in [1.807, 2.05) is 16.9 Å². The van der Waals surface area contributed by atoms with Gasteiger partial charge >= 0.3 is 0 Å². The van der Waals surface area contributed by atoms with E-state index in [4.69, 9.17) is 4.99 Å². The van der Waals surface area contributed by atoms with Gasteiger partial charge in [-0.05, 0) is 37.9 Å². The second kappa shape index (κ2) is 12.0. The number of likely N-dealkylation sites (tertiary alicyclic amines) is 1. The Labute approximate surface area is 179 Å². The van der Waals surface area contributed by atoms with Crippen molar-refractivity contribution in [3.63, 3.8) is 0 Å². The van der Waals surface area contributed by atoms with Gasteiger partial charge in [-0.15, -0.1) is 24.0 Å². The molecule has 0 saturated carbocycles. The first kappa shape index (κ1) is 21.7. The van der Waals surface area contributed by atoms with Crippen LogP contribution in [0.5, 0.6) is 0 Å². The van der Waals surface area contributed by atoms with Crippen LogP contribution in [0, 0.1) is 0 Å². The maximum atomic E-state index is 4.83. The molecular weight excluding hydrogens is 451 g/mol. The van der Waals surface area contributed by atoms with E-state index in [0.29, 0.717) is 6.04 Å². The molecule has 0 spiro atoms. The summed E-state index contributed by atoms with van der Waals surface area (Å²) in [6.45, 7) is 7.63. The zero-order chi connectivity index (χ0) is 18.0. The van der Waals surface area contributed by atoms with Crippen molar-refractivity contribution < 1.29 is 0 Å². The molecule has 27 heavy (non-hydrogen) atoms. The Morgan fingerprint density at radius 1 is 1.22 bits per heavy atom. The third-order valence-corrected chi connectivity index (χ3v) is 4.72. The number of halogens is 1. The van der Waals surface area contributed by atoms with Gasteiger partial charge in [-0.2, -0.15) is 5.10 Å². The van der Waals surface area contributed by atoms with Crippen LogP contribution in [0.15, 0.2) is 53.8 Å². The monoisotopic (exact) mass is 482 g/mol. The van der Waals surface area contributed by atoms with Crippen molar-refractivity contribution in [1.29, 1.82) is 0 Å². The van der Waals surface area contributed by atoms with E-state index in [1.54, 1.807) is 6.20 Å². The number of nitrogens with zero attached hydrogens (tertiary/aromatic N) is 4. The van der Waals surface area contributed by atoms with Crippen LogP contribution in [0.4, 0.5) is 0 Å². The molecule has 2 aromatic rings. The van der Waals surface area contributed by atoms with Crippen LogP contribution < -0.4 is 10.6 Å². The van der Waals surface area contributed by atoms with Gasteiger partial charge in [0.05, 0.1) is 13.1 Å². The van der Waals surface area contributed by atoms with Crippen molar-refractivity contribution in [2.45, 2.75) is 38.9 Å². The average molecular weight is 482 g/mol. The molecule has 1 aliphatic heterocycles. The lowest BCUT2D eigenvalue weighted by atomic mass is 10.2. The summed E-state index contributed by atoms with van der Waals surface area (Å²) in [6.07, 6.45) is 6.27. The molecule has 6 nitrogen and oxygen atoms in total. The van der Waals surface area contributed by atoms with Crippen LogP contribution in [0.25, 0.3) is 0 Å².